The maximum atomic E-state index is 11.8. The SMILES string of the molecule is CN(CC#N)S(=O)(=O)CCc1ccccc1[N+](=O)[O-]. The number of aryl methyl sites for hydroxylation is 1. The predicted molar refractivity (Wildman–Crippen MR) is 68.8 cm³/mol. The molecular formula is C11H13N3O4S. The van der Waals surface area contributed by atoms with E-state index >= 15 is 0 Å². The van der Waals surface area contributed by atoms with Crippen LogP contribution in [0.5, 0.6) is 0 Å². The summed E-state index contributed by atoms with van der Waals surface area (Å²) < 4.78 is 24.5. The molecule has 1 aromatic carbocycles. The van der Waals surface area contributed by atoms with E-state index in [9.17, 15) is 18.5 Å². The van der Waals surface area contributed by atoms with Gasteiger partial charge in [-0.3, -0.25) is 10.1 Å². The lowest BCUT2D eigenvalue weighted by Crippen LogP contribution is -2.30. The van der Waals surface area contributed by atoms with Crippen molar-refractivity contribution in [2.45, 2.75) is 6.42 Å². The number of nitro groups is 1. The topological polar surface area (TPSA) is 104 Å². The van der Waals surface area contributed by atoms with Crippen LogP contribution in [0.4, 0.5) is 5.69 Å². The quantitative estimate of drug-likeness (QED) is 0.438. The van der Waals surface area contributed by atoms with Crippen molar-refractivity contribution in [1.29, 1.82) is 5.26 Å². The maximum Gasteiger partial charge on any atom is 0.272 e. The number of sulfonamides is 1. The number of nitriles is 1. The maximum absolute atomic E-state index is 11.8. The van der Waals surface area contributed by atoms with Crippen molar-refractivity contribution in [1.82, 2.24) is 4.31 Å². The predicted octanol–water partition coefficient (Wildman–Crippen LogP) is 0.922. The highest BCUT2D eigenvalue weighted by molar-refractivity contribution is 7.89. The fraction of sp³-hybridized carbons (Fsp3) is 0.364. The van der Waals surface area contributed by atoms with E-state index in [4.69, 9.17) is 5.26 Å². The highest BCUT2D eigenvalue weighted by Crippen LogP contribution is 2.18. The second-order valence-corrected chi connectivity index (χ2v) is 6.06. The van der Waals surface area contributed by atoms with Gasteiger partial charge in [-0.1, -0.05) is 18.2 Å². The molecule has 0 atom stereocenters. The van der Waals surface area contributed by atoms with Crippen LogP contribution in [-0.4, -0.2) is 37.0 Å². The smallest absolute Gasteiger partial charge is 0.258 e. The average molecular weight is 283 g/mol. The summed E-state index contributed by atoms with van der Waals surface area (Å²) in [5.41, 5.74) is 0.266. The standard InChI is InChI=1S/C11H13N3O4S/c1-13(8-7-12)19(17,18)9-6-10-4-2-3-5-11(10)14(15)16/h2-5H,6,8-9H2,1H3. The third kappa shape index (κ3) is 4.01. The van der Waals surface area contributed by atoms with Crippen molar-refractivity contribution in [3.63, 3.8) is 0 Å². The third-order valence-electron chi connectivity index (χ3n) is 2.59. The molecule has 0 radical (unpaired) electrons. The number of rotatable bonds is 6. The Kier molecular flexibility index (Phi) is 4.97. The molecule has 0 saturated carbocycles. The zero-order valence-electron chi connectivity index (χ0n) is 10.3. The first-order valence-corrected chi connectivity index (χ1v) is 7.02. The Morgan fingerprint density at radius 1 is 1.42 bits per heavy atom. The van der Waals surface area contributed by atoms with Gasteiger partial charge in [-0.05, 0) is 6.42 Å². The molecule has 8 heteroatoms. The van der Waals surface area contributed by atoms with Gasteiger partial charge >= 0.3 is 0 Å². The first kappa shape index (κ1) is 15.1. The van der Waals surface area contributed by atoms with E-state index in [-0.39, 0.29) is 24.4 Å². The first-order valence-electron chi connectivity index (χ1n) is 5.41. The fourth-order valence-corrected chi connectivity index (χ4v) is 2.54. The second kappa shape index (κ2) is 6.26. The molecular weight excluding hydrogens is 270 g/mol. The van der Waals surface area contributed by atoms with Gasteiger partial charge in [0.05, 0.1) is 16.7 Å². The Labute approximate surface area is 111 Å². The summed E-state index contributed by atoms with van der Waals surface area (Å²) in [6.45, 7) is -0.237. The molecule has 102 valence electrons. The number of hydrogen-bond donors (Lipinski definition) is 0. The molecule has 7 nitrogen and oxygen atoms in total. The Balaban J connectivity index is 2.83. The minimum Gasteiger partial charge on any atom is -0.258 e. The Morgan fingerprint density at radius 3 is 2.63 bits per heavy atom. The summed E-state index contributed by atoms with van der Waals surface area (Å²) in [6, 6.07) is 7.74. The van der Waals surface area contributed by atoms with E-state index in [1.54, 1.807) is 12.1 Å². The molecule has 0 aromatic heterocycles. The molecule has 0 unspecified atom stereocenters. The van der Waals surface area contributed by atoms with Gasteiger partial charge in [-0.15, -0.1) is 0 Å². The Morgan fingerprint density at radius 2 is 2.05 bits per heavy atom. The molecule has 0 aliphatic heterocycles. The van der Waals surface area contributed by atoms with E-state index in [0.717, 1.165) is 4.31 Å². The van der Waals surface area contributed by atoms with Crippen molar-refractivity contribution < 1.29 is 13.3 Å². The van der Waals surface area contributed by atoms with Crippen molar-refractivity contribution in [2.75, 3.05) is 19.3 Å². The van der Waals surface area contributed by atoms with E-state index in [1.165, 1.54) is 25.2 Å². The number of benzene rings is 1. The summed E-state index contributed by atoms with van der Waals surface area (Å²) in [5.74, 6) is -0.268. The summed E-state index contributed by atoms with van der Waals surface area (Å²) in [7, 11) is -2.27. The summed E-state index contributed by atoms with van der Waals surface area (Å²) in [5, 5.41) is 19.2. The van der Waals surface area contributed by atoms with E-state index < -0.39 is 14.9 Å². The molecule has 0 spiro atoms. The third-order valence-corrected chi connectivity index (χ3v) is 4.38. The number of nitrogens with zero attached hydrogens (tertiary/aromatic N) is 3. The van der Waals surface area contributed by atoms with Gasteiger partial charge in [0.25, 0.3) is 5.69 Å². The molecule has 1 rings (SSSR count). The first-order chi connectivity index (χ1) is 8.88. The molecule has 1 aromatic rings. The van der Waals surface area contributed by atoms with Gasteiger partial charge in [-0.25, -0.2) is 8.42 Å². The van der Waals surface area contributed by atoms with Gasteiger partial charge in [-0.2, -0.15) is 9.57 Å². The zero-order chi connectivity index (χ0) is 14.5. The lowest BCUT2D eigenvalue weighted by molar-refractivity contribution is -0.385. The van der Waals surface area contributed by atoms with Gasteiger partial charge < -0.3 is 0 Å². The Hall–Kier alpha value is -1.98. The average Bonchev–Trinajstić information content (AvgIpc) is 2.37. The van der Waals surface area contributed by atoms with Crippen molar-refractivity contribution >= 4 is 15.7 Å². The lowest BCUT2D eigenvalue weighted by atomic mass is 10.1. The number of hydrogen-bond acceptors (Lipinski definition) is 5. The molecule has 0 amide bonds. The summed E-state index contributed by atoms with van der Waals surface area (Å²) in [4.78, 5) is 10.2. The van der Waals surface area contributed by atoms with Crippen LogP contribution in [0.25, 0.3) is 0 Å². The van der Waals surface area contributed by atoms with E-state index in [0.29, 0.717) is 5.56 Å². The molecule has 0 aliphatic rings. The number of para-hydroxylation sites is 1. The van der Waals surface area contributed by atoms with Gasteiger partial charge in [0, 0.05) is 18.7 Å². The lowest BCUT2D eigenvalue weighted by Gasteiger charge is -2.13. The van der Waals surface area contributed by atoms with Gasteiger partial charge in [0.1, 0.15) is 6.54 Å². The van der Waals surface area contributed by atoms with Crippen LogP contribution >= 0.6 is 0 Å². The van der Waals surface area contributed by atoms with Gasteiger partial charge in [0.2, 0.25) is 10.0 Å². The molecule has 0 N–H and O–H groups in total. The minimum absolute atomic E-state index is 0.0370. The van der Waals surface area contributed by atoms with Crippen LogP contribution < -0.4 is 0 Å². The van der Waals surface area contributed by atoms with Crippen LogP contribution in [0, 0.1) is 21.4 Å². The van der Waals surface area contributed by atoms with E-state index in [2.05, 4.69) is 0 Å². The van der Waals surface area contributed by atoms with Crippen LogP contribution in [0.2, 0.25) is 0 Å². The molecule has 0 bridgehead atoms. The van der Waals surface area contributed by atoms with Crippen molar-refractivity contribution in [2.24, 2.45) is 0 Å². The van der Waals surface area contributed by atoms with Crippen LogP contribution in [0.15, 0.2) is 24.3 Å². The molecule has 0 aliphatic carbocycles. The van der Waals surface area contributed by atoms with Crippen LogP contribution in [0.3, 0.4) is 0 Å². The van der Waals surface area contributed by atoms with Crippen LogP contribution in [-0.2, 0) is 16.4 Å². The second-order valence-electron chi connectivity index (χ2n) is 3.87. The van der Waals surface area contributed by atoms with Gasteiger partial charge in [0.15, 0.2) is 0 Å². The zero-order valence-corrected chi connectivity index (χ0v) is 11.1. The minimum atomic E-state index is -3.57. The number of nitro benzene ring substituents is 1. The van der Waals surface area contributed by atoms with Crippen LogP contribution in [0.1, 0.15) is 5.56 Å². The molecule has 0 heterocycles. The monoisotopic (exact) mass is 283 g/mol. The Bertz CT molecular complexity index is 607. The fourth-order valence-electron chi connectivity index (χ4n) is 1.49. The van der Waals surface area contributed by atoms with E-state index in [1.807, 2.05) is 0 Å². The van der Waals surface area contributed by atoms with Crippen molar-refractivity contribution in [3.05, 3.63) is 39.9 Å². The molecule has 0 saturated heterocycles. The normalized spacial score (nSPS) is 11.2. The highest BCUT2D eigenvalue weighted by Gasteiger charge is 2.20. The summed E-state index contributed by atoms with van der Waals surface area (Å²) >= 11 is 0. The molecule has 0 fully saturated rings. The largest absolute Gasteiger partial charge is 0.272 e. The van der Waals surface area contributed by atoms with Crippen molar-refractivity contribution in [3.8, 4) is 6.07 Å². The highest BCUT2D eigenvalue weighted by atomic mass is 32.2. The summed E-state index contributed by atoms with van der Waals surface area (Å²) in [6.07, 6.45) is 0.0370. The molecule has 19 heavy (non-hydrogen) atoms.